The van der Waals surface area contributed by atoms with E-state index in [1.165, 1.54) is 0 Å². The molecule has 26 heavy (non-hydrogen) atoms. The van der Waals surface area contributed by atoms with Crippen LogP contribution in [0.2, 0.25) is 0 Å². The number of nitrogens with one attached hydrogen (secondary N) is 3. The van der Waals surface area contributed by atoms with Crippen molar-refractivity contribution in [3.63, 3.8) is 0 Å². The minimum atomic E-state index is -0.495. The summed E-state index contributed by atoms with van der Waals surface area (Å²) in [4.78, 5) is 11.7. The van der Waals surface area contributed by atoms with Gasteiger partial charge < -0.3 is 30.2 Å². The van der Waals surface area contributed by atoms with Crippen molar-refractivity contribution in [2.75, 3.05) is 17.4 Å². The Hall–Kier alpha value is -3.00. The van der Waals surface area contributed by atoms with Crippen molar-refractivity contribution < 1.29 is 19.0 Å². The highest BCUT2D eigenvalue weighted by atomic mass is 32.1. The monoisotopic (exact) mass is 371 g/mol. The van der Waals surface area contributed by atoms with Crippen LogP contribution in [0, 0.1) is 0 Å². The van der Waals surface area contributed by atoms with E-state index in [9.17, 15) is 4.79 Å². The molecule has 0 saturated carbocycles. The molecule has 1 atom stereocenters. The Morgan fingerprint density at radius 3 is 2.88 bits per heavy atom. The minimum absolute atomic E-state index is 0.168. The Morgan fingerprint density at radius 2 is 2.00 bits per heavy atom. The molecule has 1 amide bonds. The number of rotatable bonds is 3. The molecule has 0 saturated heterocycles. The second-order valence-electron chi connectivity index (χ2n) is 5.96. The normalized spacial score (nSPS) is 17.0. The molecule has 2 heterocycles. The Kier molecular flexibility index (Phi) is 4.26. The summed E-state index contributed by atoms with van der Waals surface area (Å²) in [5.74, 6) is 1.96. The van der Waals surface area contributed by atoms with Crippen molar-refractivity contribution in [3.8, 4) is 17.2 Å². The van der Waals surface area contributed by atoms with Crippen LogP contribution in [-0.4, -0.2) is 23.9 Å². The molecule has 8 heteroatoms. The maximum absolute atomic E-state index is 11.7. The average Bonchev–Trinajstić information content (AvgIpc) is 3.09. The van der Waals surface area contributed by atoms with Crippen LogP contribution in [-0.2, 0) is 11.3 Å². The SMILES string of the molecule is C[C@@H]1Oc2ccc(NC(=S)NCc3ccc4c(c3)OCO4)cc2NC1=O. The molecule has 3 N–H and O–H groups in total. The third kappa shape index (κ3) is 3.36. The van der Waals surface area contributed by atoms with Gasteiger partial charge in [0.05, 0.1) is 5.69 Å². The smallest absolute Gasteiger partial charge is 0.265 e. The van der Waals surface area contributed by atoms with E-state index in [0.29, 0.717) is 23.1 Å². The molecule has 0 unspecified atom stereocenters. The second-order valence-corrected chi connectivity index (χ2v) is 6.36. The van der Waals surface area contributed by atoms with Crippen molar-refractivity contribution >= 4 is 34.6 Å². The number of ether oxygens (including phenoxy) is 3. The first kappa shape index (κ1) is 16.5. The summed E-state index contributed by atoms with van der Waals surface area (Å²) in [5, 5.41) is 9.52. The molecule has 2 aliphatic rings. The maximum Gasteiger partial charge on any atom is 0.265 e. The van der Waals surface area contributed by atoms with Gasteiger partial charge in [0.25, 0.3) is 5.91 Å². The molecule has 0 fully saturated rings. The summed E-state index contributed by atoms with van der Waals surface area (Å²) in [6, 6.07) is 11.2. The number of hydrogen-bond donors (Lipinski definition) is 3. The Balaban J connectivity index is 1.36. The molecule has 0 aliphatic carbocycles. The fourth-order valence-corrected chi connectivity index (χ4v) is 2.89. The van der Waals surface area contributed by atoms with Gasteiger partial charge in [-0.2, -0.15) is 0 Å². The molecule has 7 nitrogen and oxygen atoms in total. The van der Waals surface area contributed by atoms with Crippen LogP contribution in [0.1, 0.15) is 12.5 Å². The summed E-state index contributed by atoms with van der Waals surface area (Å²) in [6.07, 6.45) is -0.495. The Morgan fingerprint density at radius 1 is 1.19 bits per heavy atom. The van der Waals surface area contributed by atoms with Gasteiger partial charge >= 0.3 is 0 Å². The highest BCUT2D eigenvalue weighted by Gasteiger charge is 2.23. The molecule has 2 aromatic carbocycles. The third-order valence-electron chi connectivity index (χ3n) is 4.06. The summed E-state index contributed by atoms with van der Waals surface area (Å²) >= 11 is 5.33. The molecule has 0 aromatic heterocycles. The first-order valence-corrected chi connectivity index (χ1v) is 8.54. The number of anilines is 2. The average molecular weight is 371 g/mol. The number of benzene rings is 2. The summed E-state index contributed by atoms with van der Waals surface area (Å²) in [5.41, 5.74) is 2.40. The van der Waals surface area contributed by atoms with Crippen molar-refractivity contribution in [2.45, 2.75) is 19.6 Å². The van der Waals surface area contributed by atoms with Crippen LogP contribution in [0.25, 0.3) is 0 Å². The zero-order chi connectivity index (χ0) is 18.1. The lowest BCUT2D eigenvalue weighted by atomic mass is 10.2. The quantitative estimate of drug-likeness (QED) is 0.716. The first-order valence-electron chi connectivity index (χ1n) is 8.13. The molecule has 4 rings (SSSR count). The zero-order valence-electron chi connectivity index (χ0n) is 14.0. The molecule has 134 valence electrons. The summed E-state index contributed by atoms with van der Waals surface area (Å²) in [7, 11) is 0. The summed E-state index contributed by atoms with van der Waals surface area (Å²) in [6.45, 7) is 2.51. The molecule has 0 radical (unpaired) electrons. The topological polar surface area (TPSA) is 80.8 Å². The van der Waals surface area contributed by atoms with Crippen LogP contribution in [0.5, 0.6) is 17.2 Å². The fraction of sp³-hybridized carbons (Fsp3) is 0.222. The first-order chi connectivity index (χ1) is 12.6. The van der Waals surface area contributed by atoms with Gasteiger partial charge in [0, 0.05) is 12.2 Å². The van der Waals surface area contributed by atoms with Crippen molar-refractivity contribution in [3.05, 3.63) is 42.0 Å². The molecular formula is C18H17N3O4S. The molecule has 2 aromatic rings. The van der Waals surface area contributed by atoms with E-state index >= 15 is 0 Å². The standard InChI is InChI=1S/C18H17N3O4S/c1-10-17(22)21-13-7-12(3-5-14(13)25-10)20-18(26)19-8-11-2-4-15-16(6-11)24-9-23-15/h2-7,10H,8-9H2,1H3,(H,21,22)(H2,19,20,26)/t10-/m0/s1. The number of hydrogen-bond acceptors (Lipinski definition) is 5. The van der Waals surface area contributed by atoms with Gasteiger partial charge in [0.15, 0.2) is 22.7 Å². The number of thiocarbonyl (C=S) groups is 1. The summed E-state index contributed by atoms with van der Waals surface area (Å²) < 4.78 is 16.2. The maximum atomic E-state index is 11.7. The predicted molar refractivity (Wildman–Crippen MR) is 101 cm³/mol. The fourth-order valence-electron chi connectivity index (χ4n) is 2.70. The van der Waals surface area contributed by atoms with Gasteiger partial charge in [0.1, 0.15) is 5.75 Å². The molecular weight excluding hydrogens is 354 g/mol. The van der Waals surface area contributed by atoms with E-state index in [-0.39, 0.29) is 12.7 Å². The van der Waals surface area contributed by atoms with Crippen molar-refractivity contribution in [1.82, 2.24) is 5.32 Å². The number of amides is 1. The van der Waals surface area contributed by atoms with E-state index in [2.05, 4.69) is 16.0 Å². The van der Waals surface area contributed by atoms with Gasteiger partial charge in [-0.3, -0.25) is 4.79 Å². The number of carbonyl (C=O) groups excluding carboxylic acids is 1. The highest BCUT2D eigenvalue weighted by molar-refractivity contribution is 7.80. The number of fused-ring (bicyclic) bond motifs is 2. The minimum Gasteiger partial charge on any atom is -0.479 e. The van der Waals surface area contributed by atoms with E-state index < -0.39 is 6.10 Å². The van der Waals surface area contributed by atoms with Crippen molar-refractivity contribution in [2.24, 2.45) is 0 Å². The van der Waals surface area contributed by atoms with E-state index in [1.807, 2.05) is 24.3 Å². The highest BCUT2D eigenvalue weighted by Crippen LogP contribution is 2.33. The second kappa shape index (κ2) is 6.72. The van der Waals surface area contributed by atoms with Gasteiger partial charge in [-0.05, 0) is 55.0 Å². The molecule has 2 aliphatic heterocycles. The lowest BCUT2D eigenvalue weighted by Crippen LogP contribution is -2.34. The van der Waals surface area contributed by atoms with Crippen LogP contribution >= 0.6 is 12.2 Å². The van der Waals surface area contributed by atoms with E-state index in [4.69, 9.17) is 26.4 Å². The van der Waals surface area contributed by atoms with Gasteiger partial charge in [-0.1, -0.05) is 6.07 Å². The zero-order valence-corrected chi connectivity index (χ0v) is 14.8. The largest absolute Gasteiger partial charge is 0.479 e. The molecule has 0 bridgehead atoms. The third-order valence-corrected chi connectivity index (χ3v) is 4.30. The van der Waals surface area contributed by atoms with Crippen LogP contribution < -0.4 is 30.2 Å². The predicted octanol–water partition coefficient (Wildman–Crippen LogP) is 2.62. The number of carbonyl (C=O) groups is 1. The van der Waals surface area contributed by atoms with E-state index in [0.717, 1.165) is 22.7 Å². The van der Waals surface area contributed by atoms with Crippen LogP contribution in [0.3, 0.4) is 0 Å². The van der Waals surface area contributed by atoms with Gasteiger partial charge in [-0.25, -0.2) is 0 Å². The molecule has 0 spiro atoms. The Labute approximate surface area is 155 Å². The lowest BCUT2D eigenvalue weighted by Gasteiger charge is -2.24. The van der Waals surface area contributed by atoms with Gasteiger partial charge in [-0.15, -0.1) is 0 Å². The lowest BCUT2D eigenvalue weighted by molar-refractivity contribution is -0.122. The van der Waals surface area contributed by atoms with Gasteiger partial charge in [0.2, 0.25) is 6.79 Å². The van der Waals surface area contributed by atoms with Crippen LogP contribution in [0.4, 0.5) is 11.4 Å². The van der Waals surface area contributed by atoms with Crippen molar-refractivity contribution in [1.29, 1.82) is 0 Å². The van der Waals surface area contributed by atoms with Crippen LogP contribution in [0.15, 0.2) is 36.4 Å². The van der Waals surface area contributed by atoms with E-state index in [1.54, 1.807) is 19.1 Å². The Bertz CT molecular complexity index is 887.